The molecule has 302 valence electrons. The summed E-state index contributed by atoms with van der Waals surface area (Å²) in [5.74, 6) is 2.56. The number of rotatable bonds is 11. The molecule has 21 heteroatoms. The van der Waals surface area contributed by atoms with E-state index in [0.29, 0.717) is 35.6 Å². The zero-order valence-corrected chi connectivity index (χ0v) is 33.4. The predicted octanol–water partition coefficient (Wildman–Crippen LogP) is 3.10. The summed E-state index contributed by atoms with van der Waals surface area (Å²) in [4.78, 5) is 28.7. The van der Waals surface area contributed by atoms with Crippen LogP contribution in [0.4, 0.5) is 29.2 Å². The third-order valence-corrected chi connectivity index (χ3v) is 9.14. The fourth-order valence-electron chi connectivity index (χ4n) is 5.26. The van der Waals surface area contributed by atoms with Crippen molar-refractivity contribution in [2.75, 3.05) is 74.1 Å². The molecule has 2 aromatic carbocycles. The Hall–Kier alpha value is -7.13. The largest absolute Gasteiger partial charge is 0.461 e. The van der Waals surface area contributed by atoms with Crippen LogP contribution in [0.15, 0.2) is 99.3 Å². The van der Waals surface area contributed by atoms with Crippen LogP contribution in [-0.4, -0.2) is 105 Å². The van der Waals surface area contributed by atoms with Crippen molar-refractivity contribution < 1.29 is 17.3 Å². The first-order valence-electron chi connectivity index (χ1n) is 17.8. The molecular formula is C37H44N16O4S. The Kier molecular flexibility index (Phi) is 12.4. The van der Waals surface area contributed by atoms with Crippen LogP contribution < -0.4 is 32.3 Å². The smallest absolute Gasteiger partial charge is 0.259 e. The van der Waals surface area contributed by atoms with Gasteiger partial charge in [-0.05, 0) is 79.0 Å². The third kappa shape index (κ3) is 9.99. The van der Waals surface area contributed by atoms with Crippen molar-refractivity contribution in [2.45, 2.75) is 18.0 Å². The molecule has 0 aliphatic carbocycles. The van der Waals surface area contributed by atoms with Gasteiger partial charge in [0.05, 0.1) is 12.5 Å². The molecule has 0 atom stereocenters. The number of nitrogens with zero attached hydrogens (tertiary/aromatic N) is 12. The second-order valence-electron chi connectivity index (χ2n) is 13.1. The number of hydrogen-bond donors (Lipinski definition) is 4. The summed E-state index contributed by atoms with van der Waals surface area (Å²) in [5, 5.41) is 11.1. The Bertz CT molecular complexity index is 2660. The molecule has 58 heavy (non-hydrogen) atoms. The number of fused-ring (bicyclic) bond motifs is 2. The summed E-state index contributed by atoms with van der Waals surface area (Å²) in [7, 11) is 4.56. The summed E-state index contributed by atoms with van der Waals surface area (Å²) < 4.78 is 35.8. The van der Waals surface area contributed by atoms with Crippen LogP contribution in [0.3, 0.4) is 0 Å². The fraction of sp³-hybridized carbons (Fsp3) is 0.243. The van der Waals surface area contributed by atoms with Crippen LogP contribution in [0.5, 0.6) is 0 Å². The average Bonchev–Trinajstić information content (AvgIpc) is 4.03. The van der Waals surface area contributed by atoms with Gasteiger partial charge in [0.25, 0.3) is 16.7 Å². The van der Waals surface area contributed by atoms with E-state index in [1.54, 1.807) is 30.5 Å². The Morgan fingerprint density at radius 2 is 1.14 bits per heavy atom. The molecule has 0 radical (unpaired) electrons. The van der Waals surface area contributed by atoms with Crippen molar-refractivity contribution in [1.29, 1.82) is 0 Å². The van der Waals surface area contributed by atoms with Crippen molar-refractivity contribution in [1.82, 2.24) is 49.1 Å². The highest BCUT2D eigenvalue weighted by atomic mass is 32.2. The lowest BCUT2D eigenvalue weighted by molar-refractivity contribution is 0.577. The van der Waals surface area contributed by atoms with Gasteiger partial charge in [-0.2, -0.15) is 38.9 Å². The van der Waals surface area contributed by atoms with Crippen molar-refractivity contribution in [2.24, 2.45) is 5.73 Å². The average molecular weight is 809 g/mol. The number of anilines is 5. The molecular weight excluding hydrogens is 765 g/mol. The van der Waals surface area contributed by atoms with Gasteiger partial charge in [0, 0.05) is 52.4 Å². The van der Waals surface area contributed by atoms with E-state index in [-0.39, 0.29) is 23.5 Å². The number of benzene rings is 2. The summed E-state index contributed by atoms with van der Waals surface area (Å²) in [6, 6.07) is 23.8. The van der Waals surface area contributed by atoms with Gasteiger partial charge < -0.3 is 41.2 Å². The zero-order chi connectivity index (χ0) is 41.4. The fourth-order valence-corrected chi connectivity index (χ4v) is 5.77. The minimum atomic E-state index is -3.57. The minimum Gasteiger partial charge on any atom is -0.461 e. The van der Waals surface area contributed by atoms with E-state index in [9.17, 15) is 8.42 Å². The van der Waals surface area contributed by atoms with E-state index in [1.807, 2.05) is 28.2 Å². The second kappa shape index (κ2) is 17.8. The van der Waals surface area contributed by atoms with Crippen LogP contribution in [0.2, 0.25) is 0 Å². The molecule has 0 unspecified atom stereocenters. The van der Waals surface area contributed by atoms with E-state index in [1.165, 1.54) is 33.3 Å². The predicted molar refractivity (Wildman–Crippen MR) is 221 cm³/mol. The van der Waals surface area contributed by atoms with Gasteiger partial charge >= 0.3 is 0 Å². The molecule has 0 aliphatic heterocycles. The summed E-state index contributed by atoms with van der Waals surface area (Å²) >= 11 is 0. The Labute approximate surface area is 333 Å². The molecule has 0 saturated heterocycles. The number of aromatic nitrogens is 10. The highest BCUT2D eigenvalue weighted by molar-refractivity contribution is 7.90. The zero-order valence-electron chi connectivity index (χ0n) is 32.6. The Morgan fingerprint density at radius 3 is 1.59 bits per heavy atom. The van der Waals surface area contributed by atoms with Gasteiger partial charge in [0.2, 0.25) is 39.3 Å². The van der Waals surface area contributed by atoms with Crippen molar-refractivity contribution in [3.05, 3.63) is 96.4 Å². The number of sulfone groups is 1. The highest BCUT2D eigenvalue weighted by Gasteiger charge is 2.18. The first-order valence-corrected chi connectivity index (χ1v) is 19.7. The molecule has 0 aliphatic rings. The molecule has 8 aromatic rings. The third-order valence-electron chi connectivity index (χ3n) is 8.30. The second-order valence-corrected chi connectivity index (χ2v) is 15.0. The first kappa shape index (κ1) is 40.5. The van der Waals surface area contributed by atoms with Crippen LogP contribution in [-0.2, 0) is 22.7 Å². The van der Waals surface area contributed by atoms with E-state index in [4.69, 9.17) is 26.0 Å². The molecule has 0 amide bonds. The van der Waals surface area contributed by atoms with Gasteiger partial charge in [-0.15, -0.1) is 10.2 Å². The quantitative estimate of drug-likeness (QED) is 0.146. The van der Waals surface area contributed by atoms with Crippen LogP contribution in [0.25, 0.3) is 34.7 Å². The standard InChI is InChI=1S/C18H20N8O.C10H16N2.C9H8N6O3S/c1-25(2)13-7-5-12(6-8-13)9-10-20-17-22-16(19)26-18(23-17)21-15(24-26)14-4-3-11-27-14;1-12(2)10-5-3-9(4-6-10)7-8-11;1-19(16,17)9-12-7(10)15-8(13-9)11-6(14-15)5-3-2-4-18-5/h3-8,11H,9-10H2,1-2H3,(H3,19,20,21,22,23,24);3-6H,7-8,11H2,1-2H3;2-4H,1H3,(H2,10,11,12,13,14). The van der Waals surface area contributed by atoms with Gasteiger partial charge in [-0.3, -0.25) is 0 Å². The van der Waals surface area contributed by atoms with E-state index >= 15 is 0 Å². The molecule has 20 nitrogen and oxygen atoms in total. The van der Waals surface area contributed by atoms with Crippen LogP contribution in [0, 0.1) is 0 Å². The molecule has 6 aromatic heterocycles. The maximum atomic E-state index is 11.4. The Morgan fingerprint density at radius 1 is 0.655 bits per heavy atom. The maximum Gasteiger partial charge on any atom is 0.259 e. The van der Waals surface area contributed by atoms with Crippen LogP contribution in [0.1, 0.15) is 11.1 Å². The lowest BCUT2D eigenvalue weighted by atomic mass is 10.1. The minimum absolute atomic E-state index is 0.0410. The number of nitrogens with one attached hydrogen (secondary N) is 1. The van der Waals surface area contributed by atoms with Crippen molar-refractivity contribution >= 4 is 50.6 Å². The first-order chi connectivity index (χ1) is 27.8. The molecule has 0 saturated carbocycles. The molecule has 0 fully saturated rings. The van der Waals surface area contributed by atoms with Crippen molar-refractivity contribution in [3.63, 3.8) is 0 Å². The van der Waals surface area contributed by atoms with Gasteiger partial charge in [0.1, 0.15) is 0 Å². The monoisotopic (exact) mass is 808 g/mol. The number of nitrogen functional groups attached to an aromatic ring is 2. The molecule has 7 N–H and O–H groups in total. The summed E-state index contributed by atoms with van der Waals surface area (Å²) in [6.07, 6.45) is 5.83. The maximum absolute atomic E-state index is 11.4. The van der Waals surface area contributed by atoms with Gasteiger partial charge in [-0.25, -0.2) is 8.42 Å². The lowest BCUT2D eigenvalue weighted by Crippen LogP contribution is -2.12. The highest BCUT2D eigenvalue weighted by Crippen LogP contribution is 2.19. The lowest BCUT2D eigenvalue weighted by Gasteiger charge is -2.12. The summed E-state index contributed by atoms with van der Waals surface area (Å²) in [6.45, 7) is 1.40. The molecule has 0 bridgehead atoms. The number of nitrogens with two attached hydrogens (primary N) is 3. The van der Waals surface area contributed by atoms with E-state index in [2.05, 4.69) is 104 Å². The molecule has 6 heterocycles. The van der Waals surface area contributed by atoms with Crippen molar-refractivity contribution in [3.8, 4) is 23.2 Å². The summed E-state index contributed by atoms with van der Waals surface area (Å²) in [5.41, 5.74) is 22.0. The van der Waals surface area contributed by atoms with Gasteiger partial charge in [0.15, 0.2) is 11.5 Å². The molecule has 8 rings (SSSR count). The molecule has 0 spiro atoms. The topological polar surface area (TPSA) is 269 Å². The number of hydrogen-bond acceptors (Lipinski definition) is 18. The Balaban J connectivity index is 0.000000159. The SMILES string of the molecule is CN(C)c1ccc(CCN)cc1.CN(C)c1ccc(CCNc2nc(N)n3nc(-c4ccco4)nc3n2)cc1.CS(=O)(=O)c1nc(N)n2nc(-c3ccco3)nc2n1. The van der Waals surface area contributed by atoms with Crippen LogP contribution >= 0.6 is 0 Å². The van der Waals surface area contributed by atoms with E-state index in [0.717, 1.165) is 30.2 Å². The van der Waals surface area contributed by atoms with Gasteiger partial charge in [-0.1, -0.05) is 24.3 Å². The normalized spacial score (nSPS) is 11.1. The van der Waals surface area contributed by atoms with E-state index < -0.39 is 15.0 Å². The number of furan rings is 2.